The molecule has 2 aliphatic rings. The van der Waals surface area contributed by atoms with Gasteiger partial charge in [0.2, 0.25) is 0 Å². The summed E-state index contributed by atoms with van der Waals surface area (Å²) in [5.74, 6) is 1.72. The van der Waals surface area contributed by atoms with E-state index in [0.717, 1.165) is 42.2 Å². The summed E-state index contributed by atoms with van der Waals surface area (Å²) in [5.41, 5.74) is 6.13. The highest BCUT2D eigenvalue weighted by molar-refractivity contribution is 5.76. The van der Waals surface area contributed by atoms with E-state index >= 15 is 0 Å². The fraction of sp³-hybridized carbons (Fsp3) is 0.444. The van der Waals surface area contributed by atoms with Gasteiger partial charge in [0.05, 0.1) is 5.69 Å². The van der Waals surface area contributed by atoms with Crippen molar-refractivity contribution in [2.75, 3.05) is 6.61 Å². The summed E-state index contributed by atoms with van der Waals surface area (Å²) in [6.07, 6.45) is 3.02. The largest absolute Gasteiger partial charge is 0.479 e. The van der Waals surface area contributed by atoms with Crippen LogP contribution >= 0.6 is 0 Å². The second kappa shape index (κ2) is 4.70. The Morgan fingerprint density at radius 3 is 2.73 bits per heavy atom. The molecule has 0 saturated carbocycles. The van der Waals surface area contributed by atoms with Crippen LogP contribution in [0.15, 0.2) is 27.7 Å². The van der Waals surface area contributed by atoms with Gasteiger partial charge in [-0.3, -0.25) is 0 Å². The van der Waals surface area contributed by atoms with Crippen molar-refractivity contribution in [2.24, 2.45) is 4.99 Å². The first-order chi connectivity index (χ1) is 10.6. The zero-order chi connectivity index (χ0) is 15.3. The summed E-state index contributed by atoms with van der Waals surface area (Å²) in [6.45, 7) is 6.66. The number of ether oxygens (including phenoxy) is 1. The van der Waals surface area contributed by atoms with Crippen molar-refractivity contribution in [3.63, 3.8) is 0 Å². The first-order valence-electron chi connectivity index (χ1n) is 7.81. The Hall–Kier alpha value is -2.10. The van der Waals surface area contributed by atoms with Gasteiger partial charge >= 0.3 is 0 Å². The minimum atomic E-state index is -0.0472. The van der Waals surface area contributed by atoms with E-state index in [4.69, 9.17) is 14.3 Å². The Bertz CT molecular complexity index is 756. The number of hydrogen-bond acceptors (Lipinski definition) is 4. The molecule has 0 fully saturated rings. The molecule has 4 nitrogen and oxygen atoms in total. The maximum absolute atomic E-state index is 5.63. The molecular formula is C18H20N2O2. The minimum Gasteiger partial charge on any atom is -0.479 e. The first kappa shape index (κ1) is 13.6. The lowest BCUT2D eigenvalue weighted by Crippen LogP contribution is -2.35. The number of aryl methyl sites for hydroxylation is 2. The monoisotopic (exact) mass is 296 g/mol. The molecule has 0 bridgehead atoms. The highest BCUT2D eigenvalue weighted by atomic mass is 16.5. The summed E-state index contributed by atoms with van der Waals surface area (Å²) >= 11 is 0. The number of benzene rings is 1. The SMILES string of the molecule is CC1=NC2(CCc3c(cccc3-c3c(C)noc3C)C2)CO1. The van der Waals surface area contributed by atoms with Gasteiger partial charge in [0, 0.05) is 18.9 Å². The Labute approximate surface area is 130 Å². The molecule has 0 N–H and O–H groups in total. The van der Waals surface area contributed by atoms with Crippen molar-refractivity contribution in [3.8, 4) is 11.1 Å². The molecule has 1 aliphatic carbocycles. The van der Waals surface area contributed by atoms with Gasteiger partial charge in [0.15, 0.2) is 5.90 Å². The standard InChI is InChI=1S/C18H20N2O2/c1-11-17(12(2)22-20-11)16-6-4-5-14-9-18(8-7-15(14)16)10-21-13(3)19-18/h4-6H,7-10H2,1-3H3. The Morgan fingerprint density at radius 2 is 2.05 bits per heavy atom. The third-order valence-electron chi connectivity index (χ3n) is 4.88. The lowest BCUT2D eigenvalue weighted by atomic mass is 9.76. The third kappa shape index (κ3) is 1.97. The summed E-state index contributed by atoms with van der Waals surface area (Å²) in [7, 11) is 0. The smallest absolute Gasteiger partial charge is 0.180 e. The predicted molar refractivity (Wildman–Crippen MR) is 85.2 cm³/mol. The summed E-state index contributed by atoms with van der Waals surface area (Å²) in [6, 6.07) is 6.54. The minimum absolute atomic E-state index is 0.0472. The maximum atomic E-state index is 5.63. The average molecular weight is 296 g/mol. The van der Waals surface area contributed by atoms with E-state index in [1.165, 1.54) is 16.7 Å². The fourth-order valence-corrected chi connectivity index (χ4v) is 3.85. The molecule has 0 saturated heterocycles. The van der Waals surface area contributed by atoms with Crippen molar-refractivity contribution in [2.45, 2.75) is 45.6 Å². The summed E-state index contributed by atoms with van der Waals surface area (Å²) in [4.78, 5) is 4.77. The second-order valence-corrected chi connectivity index (χ2v) is 6.46. The van der Waals surface area contributed by atoms with Crippen LogP contribution in [0.4, 0.5) is 0 Å². The molecule has 0 radical (unpaired) electrons. The molecule has 2 heterocycles. The van der Waals surface area contributed by atoms with E-state index in [9.17, 15) is 0 Å². The molecule has 1 spiro atoms. The normalized spacial score (nSPS) is 23.3. The van der Waals surface area contributed by atoms with Gasteiger partial charge in [0.1, 0.15) is 17.9 Å². The van der Waals surface area contributed by atoms with Crippen molar-refractivity contribution in [1.82, 2.24) is 5.16 Å². The summed E-state index contributed by atoms with van der Waals surface area (Å²) < 4.78 is 11.0. The lowest BCUT2D eigenvalue weighted by Gasteiger charge is -2.31. The molecule has 1 aromatic carbocycles. The zero-order valence-corrected chi connectivity index (χ0v) is 13.3. The number of fused-ring (bicyclic) bond motifs is 1. The van der Waals surface area contributed by atoms with Crippen molar-refractivity contribution < 1.29 is 9.26 Å². The molecule has 1 unspecified atom stereocenters. The molecular weight excluding hydrogens is 276 g/mol. The molecule has 1 atom stereocenters. The Balaban J connectivity index is 1.79. The Morgan fingerprint density at radius 1 is 1.18 bits per heavy atom. The molecule has 22 heavy (non-hydrogen) atoms. The zero-order valence-electron chi connectivity index (χ0n) is 13.3. The molecule has 114 valence electrons. The van der Waals surface area contributed by atoms with Crippen LogP contribution in [0.5, 0.6) is 0 Å². The fourth-order valence-electron chi connectivity index (χ4n) is 3.85. The highest BCUT2D eigenvalue weighted by Gasteiger charge is 2.39. The van der Waals surface area contributed by atoms with Crippen LogP contribution in [0.2, 0.25) is 0 Å². The van der Waals surface area contributed by atoms with E-state index in [-0.39, 0.29) is 5.54 Å². The van der Waals surface area contributed by atoms with E-state index in [1.54, 1.807) is 0 Å². The number of nitrogens with zero attached hydrogens (tertiary/aromatic N) is 2. The predicted octanol–water partition coefficient (Wildman–Crippen LogP) is 3.63. The quantitative estimate of drug-likeness (QED) is 0.807. The van der Waals surface area contributed by atoms with Crippen LogP contribution in [-0.4, -0.2) is 23.2 Å². The van der Waals surface area contributed by atoms with Gasteiger partial charge < -0.3 is 9.26 Å². The first-order valence-corrected chi connectivity index (χ1v) is 7.81. The molecule has 4 heteroatoms. The van der Waals surface area contributed by atoms with Crippen LogP contribution in [0.25, 0.3) is 11.1 Å². The molecule has 0 amide bonds. The molecule has 1 aromatic heterocycles. The second-order valence-electron chi connectivity index (χ2n) is 6.46. The van der Waals surface area contributed by atoms with Crippen LogP contribution in [-0.2, 0) is 17.6 Å². The topological polar surface area (TPSA) is 47.6 Å². The van der Waals surface area contributed by atoms with Gasteiger partial charge in [-0.05, 0) is 43.4 Å². The van der Waals surface area contributed by atoms with Crippen LogP contribution in [0, 0.1) is 13.8 Å². The van der Waals surface area contributed by atoms with Gasteiger partial charge in [-0.2, -0.15) is 0 Å². The highest BCUT2D eigenvalue weighted by Crippen LogP contribution is 2.40. The van der Waals surface area contributed by atoms with E-state index in [0.29, 0.717) is 6.61 Å². The number of hydrogen-bond donors (Lipinski definition) is 0. The average Bonchev–Trinajstić information content (AvgIpc) is 3.01. The molecule has 2 aromatic rings. The number of aromatic nitrogens is 1. The van der Waals surface area contributed by atoms with Crippen molar-refractivity contribution in [3.05, 3.63) is 40.8 Å². The number of aliphatic imine (C=N–C) groups is 1. The van der Waals surface area contributed by atoms with E-state index < -0.39 is 0 Å². The molecule has 1 aliphatic heterocycles. The van der Waals surface area contributed by atoms with Gasteiger partial charge in [-0.15, -0.1) is 0 Å². The van der Waals surface area contributed by atoms with Crippen LogP contribution in [0.1, 0.15) is 35.9 Å². The van der Waals surface area contributed by atoms with Crippen LogP contribution in [0.3, 0.4) is 0 Å². The van der Waals surface area contributed by atoms with E-state index in [1.807, 2.05) is 20.8 Å². The maximum Gasteiger partial charge on any atom is 0.180 e. The van der Waals surface area contributed by atoms with Crippen molar-refractivity contribution in [1.29, 1.82) is 0 Å². The number of rotatable bonds is 1. The lowest BCUT2D eigenvalue weighted by molar-refractivity contribution is 0.236. The summed E-state index contributed by atoms with van der Waals surface area (Å²) in [5, 5.41) is 4.11. The third-order valence-corrected chi connectivity index (χ3v) is 4.88. The van der Waals surface area contributed by atoms with Crippen molar-refractivity contribution >= 4 is 5.90 Å². The van der Waals surface area contributed by atoms with Crippen LogP contribution < -0.4 is 0 Å². The van der Waals surface area contributed by atoms with E-state index in [2.05, 4.69) is 23.4 Å². The Kier molecular flexibility index (Phi) is 2.90. The molecule has 4 rings (SSSR count). The van der Waals surface area contributed by atoms with Gasteiger partial charge in [-0.25, -0.2) is 4.99 Å². The van der Waals surface area contributed by atoms with Gasteiger partial charge in [0.25, 0.3) is 0 Å². The van der Waals surface area contributed by atoms with Gasteiger partial charge in [-0.1, -0.05) is 23.4 Å².